The third-order valence-electron chi connectivity index (χ3n) is 4.40. The molecule has 1 atom stereocenters. The minimum atomic E-state index is -1.31. The fraction of sp³-hybridized carbons (Fsp3) is 0.263. The number of benzene rings is 1. The number of aliphatic hydroxyl groups is 1. The van der Waals surface area contributed by atoms with Gasteiger partial charge in [0.25, 0.3) is 0 Å². The summed E-state index contributed by atoms with van der Waals surface area (Å²) < 4.78 is 25.0. The van der Waals surface area contributed by atoms with Crippen molar-refractivity contribution in [3.63, 3.8) is 0 Å². The van der Waals surface area contributed by atoms with Gasteiger partial charge in [0.2, 0.25) is 6.29 Å². The van der Waals surface area contributed by atoms with Crippen LogP contribution in [0.15, 0.2) is 30.0 Å². The second-order valence-electron chi connectivity index (χ2n) is 6.51. The molecule has 0 aliphatic carbocycles. The van der Waals surface area contributed by atoms with Crippen LogP contribution in [-0.4, -0.2) is 41.5 Å². The highest BCUT2D eigenvalue weighted by molar-refractivity contribution is 6.32. The van der Waals surface area contributed by atoms with Crippen molar-refractivity contribution in [2.75, 3.05) is 19.8 Å². The predicted molar refractivity (Wildman–Crippen MR) is 103 cm³/mol. The van der Waals surface area contributed by atoms with E-state index in [1.807, 2.05) is 0 Å². The number of aliphatic hydroxyl groups excluding tert-OH is 1. The summed E-state index contributed by atoms with van der Waals surface area (Å²) in [6.07, 6.45) is -0.424. The summed E-state index contributed by atoms with van der Waals surface area (Å²) in [7, 11) is 3.08. The molecule has 9 heteroatoms. The SMILES string of the molecule is CC1=C(Cc2ccnc(N)c2F)C(O)Oc2cc(OC(=O)N(C)C)c(Cl)cc21. The molecule has 1 aliphatic rings. The number of nitrogen functional groups attached to an aromatic ring is 1. The Morgan fingerprint density at radius 3 is 2.86 bits per heavy atom. The molecule has 0 radical (unpaired) electrons. The lowest BCUT2D eigenvalue weighted by molar-refractivity contribution is 0.0103. The number of halogens is 2. The molecule has 0 bridgehead atoms. The fourth-order valence-corrected chi connectivity index (χ4v) is 3.00. The third kappa shape index (κ3) is 3.74. The van der Waals surface area contributed by atoms with Crippen LogP contribution in [0, 0.1) is 5.82 Å². The summed E-state index contributed by atoms with van der Waals surface area (Å²) in [5.41, 5.74) is 7.55. The molecule has 1 aromatic carbocycles. The third-order valence-corrected chi connectivity index (χ3v) is 4.69. The molecule has 0 spiro atoms. The normalized spacial score (nSPS) is 15.7. The summed E-state index contributed by atoms with van der Waals surface area (Å²) in [4.78, 5) is 16.7. The Hall–Kier alpha value is -2.84. The van der Waals surface area contributed by atoms with Crippen molar-refractivity contribution < 1.29 is 23.8 Å². The summed E-state index contributed by atoms with van der Waals surface area (Å²) in [6, 6.07) is 4.51. The number of nitrogens with two attached hydrogens (primary N) is 1. The number of pyridine rings is 1. The van der Waals surface area contributed by atoms with Crippen LogP contribution < -0.4 is 15.2 Å². The van der Waals surface area contributed by atoms with Gasteiger partial charge in [-0.25, -0.2) is 14.2 Å². The van der Waals surface area contributed by atoms with Gasteiger partial charge in [-0.15, -0.1) is 0 Å². The van der Waals surface area contributed by atoms with Crippen molar-refractivity contribution in [1.29, 1.82) is 0 Å². The van der Waals surface area contributed by atoms with Crippen LogP contribution in [0.5, 0.6) is 11.5 Å². The molecule has 3 rings (SSSR count). The minimum Gasteiger partial charge on any atom is -0.460 e. The van der Waals surface area contributed by atoms with E-state index in [9.17, 15) is 14.3 Å². The topological polar surface area (TPSA) is 97.9 Å². The molecule has 0 saturated carbocycles. The Morgan fingerprint density at radius 2 is 2.18 bits per heavy atom. The minimum absolute atomic E-state index is 0.0833. The molecule has 28 heavy (non-hydrogen) atoms. The summed E-state index contributed by atoms with van der Waals surface area (Å²) >= 11 is 6.24. The summed E-state index contributed by atoms with van der Waals surface area (Å²) in [6.45, 7) is 1.77. The Labute approximate surface area is 166 Å². The number of carbonyl (C=O) groups is 1. The maximum Gasteiger partial charge on any atom is 0.414 e. The van der Waals surface area contributed by atoms with Crippen LogP contribution in [0.25, 0.3) is 5.57 Å². The summed E-state index contributed by atoms with van der Waals surface area (Å²) in [5.74, 6) is -0.438. The first kappa shape index (κ1) is 19.9. The van der Waals surface area contributed by atoms with E-state index < -0.39 is 18.2 Å². The van der Waals surface area contributed by atoms with E-state index in [0.717, 1.165) is 0 Å². The average Bonchev–Trinajstić information content (AvgIpc) is 2.63. The maximum absolute atomic E-state index is 14.2. The largest absolute Gasteiger partial charge is 0.460 e. The Morgan fingerprint density at radius 1 is 1.46 bits per heavy atom. The molecule has 148 valence electrons. The van der Waals surface area contributed by atoms with Crippen LogP contribution in [0.2, 0.25) is 5.02 Å². The number of ether oxygens (including phenoxy) is 2. The van der Waals surface area contributed by atoms with Gasteiger partial charge in [-0.05, 0) is 30.2 Å². The number of aromatic nitrogens is 1. The lowest BCUT2D eigenvalue weighted by Gasteiger charge is -2.28. The van der Waals surface area contributed by atoms with E-state index in [1.165, 1.54) is 23.2 Å². The highest BCUT2D eigenvalue weighted by Crippen LogP contribution is 2.42. The van der Waals surface area contributed by atoms with Gasteiger partial charge >= 0.3 is 6.09 Å². The highest BCUT2D eigenvalue weighted by atomic mass is 35.5. The number of hydrogen-bond acceptors (Lipinski definition) is 6. The van der Waals surface area contributed by atoms with Gasteiger partial charge in [-0.3, -0.25) is 0 Å². The smallest absolute Gasteiger partial charge is 0.414 e. The molecule has 1 unspecified atom stereocenters. The molecule has 2 heterocycles. The van der Waals surface area contributed by atoms with Crippen LogP contribution in [-0.2, 0) is 6.42 Å². The predicted octanol–water partition coefficient (Wildman–Crippen LogP) is 3.24. The summed E-state index contributed by atoms with van der Waals surface area (Å²) in [5, 5.41) is 10.6. The van der Waals surface area contributed by atoms with Crippen molar-refractivity contribution in [3.8, 4) is 11.5 Å². The van der Waals surface area contributed by atoms with Gasteiger partial charge < -0.3 is 25.2 Å². The lowest BCUT2D eigenvalue weighted by Crippen LogP contribution is -2.27. The van der Waals surface area contributed by atoms with Crippen molar-refractivity contribution in [2.45, 2.75) is 19.6 Å². The second-order valence-corrected chi connectivity index (χ2v) is 6.91. The number of rotatable bonds is 3. The Kier molecular flexibility index (Phi) is 5.44. The number of amides is 1. The zero-order valence-electron chi connectivity index (χ0n) is 15.5. The van der Waals surface area contributed by atoms with Gasteiger partial charge in [0.05, 0.1) is 5.02 Å². The second kappa shape index (κ2) is 7.65. The number of allylic oxidation sites excluding steroid dienone is 1. The molecule has 3 N–H and O–H groups in total. The van der Waals surface area contributed by atoms with Crippen LogP contribution >= 0.6 is 11.6 Å². The van der Waals surface area contributed by atoms with Crippen molar-refractivity contribution in [2.24, 2.45) is 0 Å². The molecule has 1 aromatic heterocycles. The van der Waals surface area contributed by atoms with Gasteiger partial charge in [0, 0.05) is 43.9 Å². The highest BCUT2D eigenvalue weighted by Gasteiger charge is 2.28. The number of fused-ring (bicyclic) bond motifs is 1. The van der Waals surface area contributed by atoms with E-state index >= 15 is 0 Å². The van der Waals surface area contributed by atoms with Crippen LogP contribution in [0.1, 0.15) is 18.1 Å². The molecule has 1 aliphatic heterocycles. The van der Waals surface area contributed by atoms with Gasteiger partial charge in [-0.2, -0.15) is 0 Å². The van der Waals surface area contributed by atoms with E-state index in [-0.39, 0.29) is 28.6 Å². The first-order valence-corrected chi connectivity index (χ1v) is 8.73. The number of nitrogens with zero attached hydrogens (tertiary/aromatic N) is 2. The van der Waals surface area contributed by atoms with Crippen molar-refractivity contribution in [3.05, 3.63) is 51.9 Å². The molecule has 0 fully saturated rings. The molecule has 1 amide bonds. The Bertz CT molecular complexity index is 978. The van der Waals surface area contributed by atoms with Crippen molar-refractivity contribution >= 4 is 29.1 Å². The number of anilines is 1. The quantitative estimate of drug-likeness (QED) is 0.810. The molecule has 2 aromatic rings. The lowest BCUT2D eigenvalue weighted by atomic mass is 9.93. The van der Waals surface area contributed by atoms with Crippen LogP contribution in [0.3, 0.4) is 0 Å². The van der Waals surface area contributed by atoms with Gasteiger partial charge in [0.15, 0.2) is 17.4 Å². The fourth-order valence-electron chi connectivity index (χ4n) is 2.80. The number of carbonyl (C=O) groups excluding carboxylic acids is 1. The molecule has 0 saturated heterocycles. The first-order chi connectivity index (χ1) is 13.2. The zero-order valence-corrected chi connectivity index (χ0v) is 16.2. The first-order valence-electron chi connectivity index (χ1n) is 8.35. The van der Waals surface area contributed by atoms with E-state index in [0.29, 0.717) is 22.5 Å². The average molecular weight is 408 g/mol. The van der Waals surface area contributed by atoms with Gasteiger partial charge in [0.1, 0.15) is 5.75 Å². The maximum atomic E-state index is 14.2. The Balaban J connectivity index is 1.98. The monoisotopic (exact) mass is 407 g/mol. The van der Waals surface area contributed by atoms with Crippen LogP contribution in [0.4, 0.5) is 15.0 Å². The van der Waals surface area contributed by atoms with E-state index in [4.69, 9.17) is 26.8 Å². The molecular weight excluding hydrogens is 389 g/mol. The van der Waals surface area contributed by atoms with Crippen molar-refractivity contribution in [1.82, 2.24) is 9.88 Å². The molecular formula is C19H19ClFN3O4. The van der Waals surface area contributed by atoms with E-state index in [1.54, 1.807) is 27.1 Å². The van der Waals surface area contributed by atoms with E-state index in [2.05, 4.69) is 4.98 Å². The number of hydrogen-bond donors (Lipinski definition) is 2. The van der Waals surface area contributed by atoms with Gasteiger partial charge in [-0.1, -0.05) is 11.6 Å². The molecule has 7 nitrogen and oxygen atoms in total. The standard InChI is InChI=1S/C19H19ClFN3O4/c1-9-11-7-13(20)15(28-19(26)24(2)3)8-14(11)27-18(25)12(9)6-10-4-5-23-17(22)16(10)21/h4-5,7-8,18,25H,6H2,1-3H3,(H2,22,23). The zero-order chi connectivity index (χ0) is 20.6.